The van der Waals surface area contributed by atoms with E-state index in [2.05, 4.69) is 25.6 Å². The largest absolute Gasteiger partial charge is 0.490 e. The van der Waals surface area contributed by atoms with Crippen LogP contribution in [0.4, 0.5) is 11.6 Å². The summed E-state index contributed by atoms with van der Waals surface area (Å²) >= 11 is 0. The van der Waals surface area contributed by atoms with Gasteiger partial charge in [0.05, 0.1) is 7.11 Å². The molecule has 0 radical (unpaired) electrons. The zero-order valence-electron chi connectivity index (χ0n) is 11.1. The van der Waals surface area contributed by atoms with Gasteiger partial charge in [-0.1, -0.05) is 0 Å². The normalized spacial score (nSPS) is 10.0. The highest BCUT2D eigenvalue weighted by Crippen LogP contribution is 2.28. The van der Waals surface area contributed by atoms with Crippen LogP contribution < -0.4 is 15.4 Å². The first-order valence-corrected chi connectivity index (χ1v) is 6.10. The molecule has 0 aliphatic carbocycles. The van der Waals surface area contributed by atoms with Gasteiger partial charge >= 0.3 is 0 Å². The second-order valence-corrected chi connectivity index (χ2v) is 3.84. The molecular formula is C13H17N5O. The third kappa shape index (κ3) is 3.31. The number of pyridine rings is 1. The first-order valence-electron chi connectivity index (χ1n) is 6.10. The van der Waals surface area contributed by atoms with E-state index in [4.69, 9.17) is 4.74 Å². The van der Waals surface area contributed by atoms with Crippen molar-refractivity contribution in [2.24, 2.45) is 0 Å². The highest BCUT2D eigenvalue weighted by atomic mass is 16.5. The van der Waals surface area contributed by atoms with E-state index < -0.39 is 0 Å². The summed E-state index contributed by atoms with van der Waals surface area (Å²) in [7, 11) is 1.61. The minimum Gasteiger partial charge on any atom is -0.490 e. The Labute approximate surface area is 112 Å². The molecule has 0 unspecified atom stereocenters. The molecule has 0 atom stereocenters. The van der Waals surface area contributed by atoms with E-state index in [1.807, 2.05) is 19.1 Å². The summed E-state index contributed by atoms with van der Waals surface area (Å²) in [5, 5.41) is 6.37. The molecule has 0 aromatic carbocycles. The number of ether oxygens (including phenoxy) is 1. The van der Waals surface area contributed by atoms with Crippen molar-refractivity contribution in [3.8, 4) is 5.75 Å². The first kappa shape index (κ1) is 13.1. The Kier molecular flexibility index (Phi) is 4.49. The van der Waals surface area contributed by atoms with Gasteiger partial charge in [-0.3, -0.25) is 4.98 Å². The van der Waals surface area contributed by atoms with Crippen LogP contribution >= 0.6 is 0 Å². The number of aromatic nitrogens is 3. The molecule has 0 bridgehead atoms. The van der Waals surface area contributed by atoms with E-state index in [0.29, 0.717) is 23.9 Å². The Balaban J connectivity index is 2.13. The summed E-state index contributed by atoms with van der Waals surface area (Å²) in [5.41, 5.74) is 1.13. The monoisotopic (exact) mass is 259 g/mol. The predicted octanol–water partition coefficient (Wildman–Crippen LogP) is 1.92. The fourth-order valence-electron chi connectivity index (χ4n) is 1.67. The van der Waals surface area contributed by atoms with Crippen molar-refractivity contribution in [1.82, 2.24) is 15.0 Å². The van der Waals surface area contributed by atoms with Gasteiger partial charge in [0, 0.05) is 25.5 Å². The third-order valence-electron chi connectivity index (χ3n) is 2.56. The fraction of sp³-hybridized carbons (Fsp3) is 0.308. The standard InChI is InChI=1S/C13H17N5O/c1-3-15-12-11(19-2)13(18-9-17-12)16-8-10-4-6-14-7-5-10/h4-7,9H,3,8H2,1-2H3,(H2,15,16,17,18). The average molecular weight is 259 g/mol. The van der Waals surface area contributed by atoms with Gasteiger partial charge in [0.25, 0.3) is 0 Å². The molecule has 0 saturated heterocycles. The molecule has 0 amide bonds. The quantitative estimate of drug-likeness (QED) is 0.826. The molecule has 19 heavy (non-hydrogen) atoms. The van der Waals surface area contributed by atoms with Gasteiger partial charge in [-0.05, 0) is 24.6 Å². The molecule has 6 nitrogen and oxygen atoms in total. The SMILES string of the molecule is CCNc1ncnc(NCc2ccncc2)c1OC. The molecule has 2 aromatic heterocycles. The van der Waals surface area contributed by atoms with Crippen LogP contribution in [-0.4, -0.2) is 28.6 Å². The van der Waals surface area contributed by atoms with Gasteiger partial charge in [-0.25, -0.2) is 9.97 Å². The summed E-state index contributed by atoms with van der Waals surface area (Å²) < 4.78 is 5.36. The van der Waals surface area contributed by atoms with Gasteiger partial charge in [0.1, 0.15) is 6.33 Å². The Morgan fingerprint density at radius 2 is 1.79 bits per heavy atom. The molecule has 0 fully saturated rings. The number of nitrogens with one attached hydrogen (secondary N) is 2. The second kappa shape index (κ2) is 6.53. The lowest BCUT2D eigenvalue weighted by molar-refractivity contribution is 0.414. The molecule has 0 spiro atoms. The fourth-order valence-corrected chi connectivity index (χ4v) is 1.67. The number of anilines is 2. The number of hydrogen-bond acceptors (Lipinski definition) is 6. The molecule has 2 N–H and O–H groups in total. The van der Waals surface area contributed by atoms with Crippen molar-refractivity contribution in [2.45, 2.75) is 13.5 Å². The van der Waals surface area contributed by atoms with Crippen LogP contribution in [0, 0.1) is 0 Å². The minimum absolute atomic E-state index is 0.624. The topological polar surface area (TPSA) is 72.0 Å². The number of hydrogen-bond donors (Lipinski definition) is 2. The molecule has 6 heteroatoms. The smallest absolute Gasteiger partial charge is 0.204 e. The molecule has 2 rings (SSSR count). The summed E-state index contributed by atoms with van der Waals surface area (Å²) in [5.74, 6) is 1.99. The van der Waals surface area contributed by atoms with E-state index >= 15 is 0 Å². The zero-order valence-corrected chi connectivity index (χ0v) is 11.1. The van der Waals surface area contributed by atoms with Crippen molar-refractivity contribution in [1.29, 1.82) is 0 Å². The van der Waals surface area contributed by atoms with Gasteiger partial charge < -0.3 is 15.4 Å². The van der Waals surface area contributed by atoms with Gasteiger partial charge in [0.2, 0.25) is 5.75 Å². The van der Waals surface area contributed by atoms with Crippen LogP contribution in [0.5, 0.6) is 5.75 Å². The lowest BCUT2D eigenvalue weighted by Gasteiger charge is -2.13. The maximum absolute atomic E-state index is 5.36. The van der Waals surface area contributed by atoms with Crippen LogP contribution in [-0.2, 0) is 6.54 Å². The Bertz CT molecular complexity index is 518. The zero-order chi connectivity index (χ0) is 13.5. The van der Waals surface area contributed by atoms with Crippen molar-refractivity contribution < 1.29 is 4.74 Å². The van der Waals surface area contributed by atoms with Crippen LogP contribution in [0.25, 0.3) is 0 Å². The van der Waals surface area contributed by atoms with Crippen molar-refractivity contribution in [3.05, 3.63) is 36.4 Å². The highest BCUT2D eigenvalue weighted by molar-refractivity contribution is 5.63. The first-order chi connectivity index (χ1) is 9.35. The van der Waals surface area contributed by atoms with Crippen LogP contribution in [0.2, 0.25) is 0 Å². The maximum atomic E-state index is 5.36. The van der Waals surface area contributed by atoms with Gasteiger partial charge in [-0.2, -0.15) is 0 Å². The summed E-state index contributed by atoms with van der Waals surface area (Å²) in [6, 6.07) is 3.90. The Morgan fingerprint density at radius 3 is 2.42 bits per heavy atom. The Hall–Kier alpha value is -2.37. The number of nitrogens with zero attached hydrogens (tertiary/aromatic N) is 3. The van der Waals surface area contributed by atoms with Crippen molar-refractivity contribution >= 4 is 11.6 Å². The molecule has 2 aromatic rings. The lowest BCUT2D eigenvalue weighted by atomic mass is 10.3. The van der Waals surface area contributed by atoms with E-state index in [-0.39, 0.29) is 0 Å². The van der Waals surface area contributed by atoms with Crippen molar-refractivity contribution in [2.75, 3.05) is 24.3 Å². The van der Waals surface area contributed by atoms with Crippen molar-refractivity contribution in [3.63, 3.8) is 0 Å². The van der Waals surface area contributed by atoms with E-state index in [1.54, 1.807) is 19.5 Å². The second-order valence-electron chi connectivity index (χ2n) is 3.84. The third-order valence-corrected chi connectivity index (χ3v) is 2.56. The van der Waals surface area contributed by atoms with E-state index in [9.17, 15) is 0 Å². The number of rotatable bonds is 6. The molecule has 100 valence electrons. The van der Waals surface area contributed by atoms with E-state index in [0.717, 1.165) is 12.1 Å². The predicted molar refractivity (Wildman–Crippen MR) is 74.3 cm³/mol. The average Bonchev–Trinajstić information content (AvgIpc) is 2.46. The molecule has 2 heterocycles. The van der Waals surface area contributed by atoms with Gasteiger partial charge in [-0.15, -0.1) is 0 Å². The Morgan fingerprint density at radius 1 is 1.11 bits per heavy atom. The minimum atomic E-state index is 0.624. The van der Waals surface area contributed by atoms with Crippen LogP contribution in [0.15, 0.2) is 30.9 Å². The van der Waals surface area contributed by atoms with Gasteiger partial charge in [0.15, 0.2) is 11.6 Å². The highest BCUT2D eigenvalue weighted by Gasteiger charge is 2.10. The summed E-state index contributed by atoms with van der Waals surface area (Å²) in [6.45, 7) is 3.43. The number of methoxy groups -OCH3 is 1. The van der Waals surface area contributed by atoms with Crippen LogP contribution in [0.3, 0.4) is 0 Å². The van der Waals surface area contributed by atoms with E-state index in [1.165, 1.54) is 6.33 Å². The summed E-state index contributed by atoms with van der Waals surface area (Å²) in [4.78, 5) is 12.3. The summed E-state index contributed by atoms with van der Waals surface area (Å²) in [6.07, 6.45) is 5.03. The van der Waals surface area contributed by atoms with Crippen LogP contribution in [0.1, 0.15) is 12.5 Å². The molecular weight excluding hydrogens is 242 g/mol. The molecule has 0 saturated carbocycles. The molecule has 0 aliphatic heterocycles. The molecule has 0 aliphatic rings. The lowest BCUT2D eigenvalue weighted by Crippen LogP contribution is -2.08. The maximum Gasteiger partial charge on any atom is 0.204 e.